The third-order valence-electron chi connectivity index (χ3n) is 6.57. The molecule has 0 fully saturated rings. The van der Waals surface area contributed by atoms with Gasteiger partial charge in [0.15, 0.2) is 17.3 Å². The van der Waals surface area contributed by atoms with Crippen LogP contribution in [0.3, 0.4) is 0 Å². The monoisotopic (exact) mass is 446 g/mol. The normalized spacial score (nSPS) is 19.5. The number of Topliss-reactive ketones (excluding diaryl/α,β-unsaturated/α-hetero) is 1. The van der Waals surface area contributed by atoms with Gasteiger partial charge in [-0.05, 0) is 30.9 Å². The predicted octanol–water partition coefficient (Wildman–Crippen LogP) is 4.97. The van der Waals surface area contributed by atoms with E-state index in [1.807, 2.05) is 37.3 Å². The van der Waals surface area contributed by atoms with Crippen molar-refractivity contribution in [3.05, 3.63) is 76.1 Å². The largest absolute Gasteiger partial charge is 0.493 e. The molecule has 0 saturated carbocycles. The Hall–Kier alpha value is -3.74. The highest BCUT2D eigenvalue weighted by Gasteiger charge is 2.42. The molecule has 0 spiro atoms. The molecule has 0 unspecified atom stereocenters. The Morgan fingerprint density at radius 3 is 2.42 bits per heavy atom. The molecule has 1 aliphatic heterocycles. The summed E-state index contributed by atoms with van der Waals surface area (Å²) in [4.78, 5) is 13.7. The Bertz CT molecular complexity index is 1250. The summed E-state index contributed by atoms with van der Waals surface area (Å²) in [6.07, 6.45) is 1.15. The van der Waals surface area contributed by atoms with Gasteiger partial charge in [-0.2, -0.15) is 0 Å². The van der Waals surface area contributed by atoms with Gasteiger partial charge in [-0.1, -0.05) is 41.6 Å². The van der Waals surface area contributed by atoms with E-state index in [4.69, 9.17) is 18.7 Å². The first-order valence-electron chi connectivity index (χ1n) is 10.9. The number of hydrogen-bond acceptors (Lipinski definition) is 7. The lowest BCUT2D eigenvalue weighted by molar-refractivity contribution is -0.116. The number of allylic oxidation sites excluding steroid dienone is 2. The third kappa shape index (κ3) is 3.35. The minimum absolute atomic E-state index is 0.100. The predicted molar refractivity (Wildman–Crippen MR) is 123 cm³/mol. The van der Waals surface area contributed by atoms with Crippen molar-refractivity contribution in [1.82, 2.24) is 5.16 Å². The number of carbonyl (C=O) groups excluding carboxylic acids is 1. The van der Waals surface area contributed by atoms with Crippen LogP contribution >= 0.6 is 0 Å². The molecule has 0 radical (unpaired) electrons. The lowest BCUT2D eigenvalue weighted by Crippen LogP contribution is -2.29. The van der Waals surface area contributed by atoms with E-state index < -0.39 is 0 Å². The van der Waals surface area contributed by atoms with Crippen molar-refractivity contribution in [3.8, 4) is 17.2 Å². The van der Waals surface area contributed by atoms with Crippen LogP contribution in [0.15, 0.2) is 58.3 Å². The fraction of sp³-hybridized carbons (Fsp3) is 0.308. The number of methoxy groups -OCH3 is 3. The Kier molecular flexibility index (Phi) is 5.32. The van der Waals surface area contributed by atoms with Crippen LogP contribution in [0, 0.1) is 6.92 Å². The van der Waals surface area contributed by atoms with Gasteiger partial charge < -0.3 is 24.1 Å². The number of carbonyl (C=O) groups is 1. The van der Waals surface area contributed by atoms with Crippen LogP contribution in [-0.4, -0.2) is 32.3 Å². The van der Waals surface area contributed by atoms with Gasteiger partial charge in [-0.25, -0.2) is 0 Å². The standard InChI is InChI=1S/C26H26N2O5/c1-14-21-22(17-10-11-20(30-2)25(32-4)24(17)31-3)23-18(27-26(21)33-28-14)12-16(13-19(23)29)15-8-6-5-7-9-15/h5-11,16,22,27H,12-13H2,1-4H3/t16-,22+/m1/s1. The topological polar surface area (TPSA) is 82.8 Å². The molecule has 3 aromatic rings. The molecule has 5 rings (SSSR count). The number of rotatable bonds is 5. The second-order valence-corrected chi connectivity index (χ2v) is 8.32. The van der Waals surface area contributed by atoms with E-state index in [0.717, 1.165) is 33.7 Å². The zero-order valence-corrected chi connectivity index (χ0v) is 19.1. The molecule has 1 aromatic heterocycles. The first-order chi connectivity index (χ1) is 16.1. The Morgan fingerprint density at radius 2 is 1.73 bits per heavy atom. The van der Waals surface area contributed by atoms with Crippen LogP contribution in [0.25, 0.3) is 0 Å². The molecular weight excluding hydrogens is 420 g/mol. The van der Waals surface area contributed by atoms with Crippen LogP contribution in [0.2, 0.25) is 0 Å². The van der Waals surface area contributed by atoms with Crippen LogP contribution in [0.5, 0.6) is 17.2 Å². The van der Waals surface area contributed by atoms with Gasteiger partial charge in [-0.15, -0.1) is 0 Å². The minimum atomic E-state index is -0.388. The summed E-state index contributed by atoms with van der Waals surface area (Å²) >= 11 is 0. The van der Waals surface area contributed by atoms with Crippen LogP contribution < -0.4 is 19.5 Å². The third-order valence-corrected chi connectivity index (χ3v) is 6.57. The van der Waals surface area contributed by atoms with Gasteiger partial charge in [0.25, 0.3) is 0 Å². The summed E-state index contributed by atoms with van der Waals surface area (Å²) < 4.78 is 22.5. The number of nitrogens with zero attached hydrogens (tertiary/aromatic N) is 1. The van der Waals surface area contributed by atoms with Crippen LogP contribution in [0.1, 0.15) is 47.1 Å². The summed E-state index contributed by atoms with van der Waals surface area (Å²) in [7, 11) is 4.75. The van der Waals surface area contributed by atoms with Crippen molar-refractivity contribution in [2.24, 2.45) is 0 Å². The van der Waals surface area contributed by atoms with E-state index in [0.29, 0.717) is 36.0 Å². The summed E-state index contributed by atoms with van der Waals surface area (Å²) in [5.41, 5.74) is 5.12. The second kappa shape index (κ2) is 8.31. The number of nitrogens with one attached hydrogen (secondary N) is 1. The summed E-state index contributed by atoms with van der Waals surface area (Å²) in [5.74, 6) is 1.95. The van der Waals surface area contributed by atoms with E-state index in [2.05, 4.69) is 22.6 Å². The number of fused-ring (bicyclic) bond motifs is 1. The number of ether oxygens (including phenoxy) is 3. The van der Waals surface area contributed by atoms with Gasteiger partial charge >= 0.3 is 0 Å². The van der Waals surface area contributed by atoms with Gasteiger partial charge in [0.05, 0.1) is 38.5 Å². The van der Waals surface area contributed by atoms with E-state index in [1.54, 1.807) is 21.3 Å². The summed E-state index contributed by atoms with van der Waals surface area (Å²) in [6.45, 7) is 1.88. The smallest absolute Gasteiger partial charge is 0.233 e. The lowest BCUT2D eigenvalue weighted by Gasteiger charge is -2.35. The fourth-order valence-electron chi connectivity index (χ4n) is 5.10. The molecule has 1 N–H and O–H groups in total. The van der Waals surface area contributed by atoms with Crippen LogP contribution in [-0.2, 0) is 4.79 Å². The molecule has 33 heavy (non-hydrogen) atoms. The summed E-state index contributed by atoms with van der Waals surface area (Å²) in [6, 6.07) is 13.9. The number of ketones is 1. The SMILES string of the molecule is COc1ccc([C@@H]2C3=C(C[C@@H](c4ccccc4)CC3=O)Nc3onc(C)c32)c(OC)c1OC. The van der Waals surface area contributed by atoms with Crippen molar-refractivity contribution in [2.45, 2.75) is 31.6 Å². The number of aromatic nitrogens is 1. The molecule has 0 saturated heterocycles. The number of aryl methyl sites for hydroxylation is 1. The van der Waals surface area contributed by atoms with E-state index in [-0.39, 0.29) is 17.6 Å². The first-order valence-corrected chi connectivity index (χ1v) is 10.9. The molecule has 170 valence electrons. The Labute approximate surface area is 192 Å². The zero-order chi connectivity index (χ0) is 23.1. The second-order valence-electron chi connectivity index (χ2n) is 8.32. The van der Waals surface area contributed by atoms with E-state index >= 15 is 0 Å². The maximum absolute atomic E-state index is 13.7. The summed E-state index contributed by atoms with van der Waals surface area (Å²) in [5, 5.41) is 7.56. The number of anilines is 1. The van der Waals surface area contributed by atoms with Crippen molar-refractivity contribution >= 4 is 11.7 Å². The molecule has 2 heterocycles. The van der Waals surface area contributed by atoms with Crippen molar-refractivity contribution < 1.29 is 23.5 Å². The fourth-order valence-corrected chi connectivity index (χ4v) is 5.10. The molecule has 1 aliphatic carbocycles. The minimum Gasteiger partial charge on any atom is -0.493 e. The quantitative estimate of drug-likeness (QED) is 0.593. The van der Waals surface area contributed by atoms with Crippen molar-refractivity contribution in [1.29, 1.82) is 0 Å². The van der Waals surface area contributed by atoms with Gasteiger partial charge in [0.2, 0.25) is 11.6 Å². The highest BCUT2D eigenvalue weighted by Crippen LogP contribution is 2.53. The Morgan fingerprint density at radius 1 is 0.970 bits per heavy atom. The molecule has 7 heteroatoms. The average Bonchev–Trinajstić information content (AvgIpc) is 3.22. The highest BCUT2D eigenvalue weighted by molar-refractivity contribution is 6.01. The van der Waals surface area contributed by atoms with E-state index in [1.165, 1.54) is 0 Å². The molecule has 0 bridgehead atoms. The molecular formula is C26H26N2O5. The molecule has 2 aliphatic rings. The van der Waals surface area contributed by atoms with Gasteiger partial charge in [0, 0.05) is 23.3 Å². The maximum atomic E-state index is 13.7. The lowest BCUT2D eigenvalue weighted by atomic mass is 9.72. The molecule has 2 atom stereocenters. The van der Waals surface area contributed by atoms with Crippen LogP contribution in [0.4, 0.5) is 5.88 Å². The average molecular weight is 447 g/mol. The van der Waals surface area contributed by atoms with Crippen molar-refractivity contribution in [3.63, 3.8) is 0 Å². The number of benzene rings is 2. The van der Waals surface area contributed by atoms with Gasteiger partial charge in [-0.3, -0.25) is 4.79 Å². The molecule has 0 amide bonds. The highest BCUT2D eigenvalue weighted by atomic mass is 16.5. The Balaban J connectivity index is 1.69. The first kappa shape index (κ1) is 21.1. The maximum Gasteiger partial charge on any atom is 0.233 e. The number of hydrogen-bond donors (Lipinski definition) is 1. The molecule has 2 aromatic carbocycles. The van der Waals surface area contributed by atoms with Crippen molar-refractivity contribution in [2.75, 3.05) is 26.6 Å². The molecule has 7 nitrogen and oxygen atoms in total. The van der Waals surface area contributed by atoms with Gasteiger partial charge in [0.1, 0.15) is 0 Å². The zero-order valence-electron chi connectivity index (χ0n) is 19.1. The van der Waals surface area contributed by atoms with E-state index in [9.17, 15) is 4.79 Å².